The Balaban J connectivity index is 1.89. The summed E-state index contributed by atoms with van der Waals surface area (Å²) in [5, 5.41) is 3.30. The van der Waals surface area contributed by atoms with E-state index < -0.39 is 0 Å². The fourth-order valence-electron chi connectivity index (χ4n) is 1.84. The number of hydrogen-bond acceptors (Lipinski definition) is 4. The van der Waals surface area contributed by atoms with Gasteiger partial charge in [-0.2, -0.15) is 0 Å². The number of halogens is 1. The Kier molecular flexibility index (Phi) is 3.83. The Hall–Kier alpha value is -1.30. The first kappa shape index (κ1) is 12.2. The molecule has 2 rings (SSSR count). The number of pyridine rings is 1. The molecule has 1 saturated heterocycles. The fourth-order valence-corrected chi connectivity index (χ4v) is 2.08. The molecule has 0 spiro atoms. The number of ether oxygens (including phenoxy) is 1. The molecule has 1 aromatic rings. The predicted octanol–water partition coefficient (Wildman–Crippen LogP) is 2.10. The highest BCUT2D eigenvalue weighted by atomic mass is 79.9. The average molecular weight is 300 g/mol. The van der Waals surface area contributed by atoms with E-state index in [1.165, 1.54) is 7.11 Å². The summed E-state index contributed by atoms with van der Waals surface area (Å²) in [7, 11) is 1.40. The van der Waals surface area contributed by atoms with Crippen LogP contribution in [-0.2, 0) is 4.74 Å². The molecule has 6 heteroatoms. The molecule has 17 heavy (non-hydrogen) atoms. The topological polar surface area (TPSA) is 54.5 Å². The Labute approximate surface area is 108 Å². The van der Waals surface area contributed by atoms with E-state index in [9.17, 15) is 4.79 Å². The lowest BCUT2D eigenvalue weighted by Crippen LogP contribution is -2.31. The average Bonchev–Trinajstić information content (AvgIpc) is 2.80. The molecule has 0 aliphatic carbocycles. The number of aromatic nitrogens is 1. The van der Waals surface area contributed by atoms with Crippen LogP contribution in [0.3, 0.4) is 0 Å². The molecule has 1 fully saturated rings. The normalized spacial score (nSPS) is 19.2. The van der Waals surface area contributed by atoms with Crippen LogP contribution in [0.1, 0.15) is 6.42 Å². The van der Waals surface area contributed by atoms with Crippen molar-refractivity contribution in [1.82, 2.24) is 9.88 Å². The van der Waals surface area contributed by atoms with Crippen LogP contribution in [0.5, 0.6) is 0 Å². The summed E-state index contributed by atoms with van der Waals surface area (Å²) in [5.41, 5.74) is 0. The maximum Gasteiger partial charge on any atom is 0.409 e. The van der Waals surface area contributed by atoms with Gasteiger partial charge in [-0.15, -0.1) is 0 Å². The van der Waals surface area contributed by atoms with Crippen molar-refractivity contribution in [2.45, 2.75) is 12.5 Å². The number of methoxy groups -OCH3 is 1. The van der Waals surface area contributed by atoms with E-state index in [0.29, 0.717) is 6.54 Å². The third-order valence-corrected chi connectivity index (χ3v) is 3.17. The third kappa shape index (κ3) is 3.09. The number of carbonyl (C=O) groups is 1. The molecule has 1 atom stereocenters. The molecule has 0 unspecified atom stereocenters. The van der Waals surface area contributed by atoms with E-state index in [2.05, 4.69) is 31.0 Å². The molecule has 0 aromatic carbocycles. The molecule has 1 amide bonds. The van der Waals surface area contributed by atoms with Crippen molar-refractivity contribution in [2.75, 3.05) is 25.5 Å². The summed E-state index contributed by atoms with van der Waals surface area (Å²) in [6, 6.07) is 4.08. The lowest BCUT2D eigenvalue weighted by Gasteiger charge is -2.15. The van der Waals surface area contributed by atoms with Crippen LogP contribution in [0, 0.1) is 0 Å². The van der Waals surface area contributed by atoms with Gasteiger partial charge >= 0.3 is 6.09 Å². The lowest BCUT2D eigenvalue weighted by molar-refractivity contribution is 0.133. The number of nitrogens with zero attached hydrogens (tertiary/aromatic N) is 2. The second kappa shape index (κ2) is 5.35. The number of hydrogen-bond donors (Lipinski definition) is 1. The first-order valence-electron chi connectivity index (χ1n) is 5.40. The number of anilines is 1. The quantitative estimate of drug-likeness (QED) is 0.909. The van der Waals surface area contributed by atoms with Gasteiger partial charge in [-0.1, -0.05) is 0 Å². The molecule has 92 valence electrons. The zero-order valence-corrected chi connectivity index (χ0v) is 11.1. The van der Waals surface area contributed by atoms with E-state index in [-0.39, 0.29) is 12.1 Å². The zero-order chi connectivity index (χ0) is 12.3. The van der Waals surface area contributed by atoms with Gasteiger partial charge in [0.2, 0.25) is 0 Å². The molecular formula is C11H14BrN3O2. The molecule has 1 aliphatic rings. The van der Waals surface area contributed by atoms with E-state index in [0.717, 1.165) is 23.3 Å². The second-order valence-corrected chi connectivity index (χ2v) is 4.82. The molecule has 1 aromatic heterocycles. The first-order chi connectivity index (χ1) is 8.19. The van der Waals surface area contributed by atoms with Gasteiger partial charge in [-0.25, -0.2) is 9.78 Å². The van der Waals surface area contributed by atoms with E-state index in [4.69, 9.17) is 0 Å². The predicted molar refractivity (Wildman–Crippen MR) is 67.9 cm³/mol. The van der Waals surface area contributed by atoms with Crippen molar-refractivity contribution in [1.29, 1.82) is 0 Å². The minimum absolute atomic E-state index is 0.239. The molecule has 0 saturated carbocycles. The Bertz CT molecular complexity index is 396. The van der Waals surface area contributed by atoms with Crippen molar-refractivity contribution >= 4 is 27.8 Å². The van der Waals surface area contributed by atoms with Gasteiger partial charge in [0, 0.05) is 29.8 Å². The van der Waals surface area contributed by atoms with Crippen molar-refractivity contribution < 1.29 is 9.53 Å². The highest BCUT2D eigenvalue weighted by Crippen LogP contribution is 2.16. The second-order valence-electron chi connectivity index (χ2n) is 3.91. The third-order valence-electron chi connectivity index (χ3n) is 2.70. The van der Waals surface area contributed by atoms with Crippen LogP contribution < -0.4 is 5.32 Å². The summed E-state index contributed by atoms with van der Waals surface area (Å²) in [5.74, 6) is 0.824. The van der Waals surface area contributed by atoms with Gasteiger partial charge in [0.05, 0.1) is 7.11 Å². The number of rotatable bonds is 2. The number of nitrogens with one attached hydrogen (secondary N) is 1. The van der Waals surface area contributed by atoms with E-state index in [1.807, 2.05) is 12.1 Å². The monoisotopic (exact) mass is 299 g/mol. The summed E-state index contributed by atoms with van der Waals surface area (Å²) in [6.45, 7) is 1.38. The Morgan fingerprint density at radius 2 is 2.47 bits per heavy atom. The van der Waals surface area contributed by atoms with Crippen LogP contribution in [0.15, 0.2) is 22.8 Å². The minimum atomic E-state index is -0.266. The van der Waals surface area contributed by atoms with Gasteiger partial charge in [-0.05, 0) is 34.5 Å². The zero-order valence-electron chi connectivity index (χ0n) is 9.52. The fraction of sp³-hybridized carbons (Fsp3) is 0.455. The van der Waals surface area contributed by atoms with Gasteiger partial charge in [0.1, 0.15) is 5.82 Å². The minimum Gasteiger partial charge on any atom is -0.453 e. The molecule has 5 nitrogen and oxygen atoms in total. The molecule has 0 radical (unpaired) electrons. The molecule has 0 bridgehead atoms. The van der Waals surface area contributed by atoms with Gasteiger partial charge in [0.25, 0.3) is 0 Å². The molecule has 1 aliphatic heterocycles. The maximum atomic E-state index is 11.3. The molecule has 2 heterocycles. The number of carbonyl (C=O) groups excluding carboxylic acids is 1. The summed E-state index contributed by atoms with van der Waals surface area (Å²) < 4.78 is 5.64. The number of amides is 1. The SMILES string of the molecule is COC(=O)N1CC[C@@H](Nc2ccc(Br)cn2)C1. The Morgan fingerprint density at radius 3 is 3.12 bits per heavy atom. The lowest BCUT2D eigenvalue weighted by atomic mass is 10.2. The highest BCUT2D eigenvalue weighted by Gasteiger charge is 2.26. The highest BCUT2D eigenvalue weighted by molar-refractivity contribution is 9.10. The van der Waals surface area contributed by atoms with Gasteiger partial charge in [0.15, 0.2) is 0 Å². The van der Waals surface area contributed by atoms with Crippen molar-refractivity contribution in [3.63, 3.8) is 0 Å². The summed E-state index contributed by atoms with van der Waals surface area (Å²) in [6.07, 6.45) is 2.39. The largest absolute Gasteiger partial charge is 0.453 e. The van der Waals surface area contributed by atoms with Crippen molar-refractivity contribution in [3.05, 3.63) is 22.8 Å². The van der Waals surface area contributed by atoms with Crippen LogP contribution in [0.2, 0.25) is 0 Å². The molecular weight excluding hydrogens is 286 g/mol. The first-order valence-corrected chi connectivity index (χ1v) is 6.19. The van der Waals surface area contributed by atoms with Crippen LogP contribution in [0.25, 0.3) is 0 Å². The number of likely N-dealkylation sites (tertiary alicyclic amines) is 1. The van der Waals surface area contributed by atoms with E-state index in [1.54, 1.807) is 11.1 Å². The summed E-state index contributed by atoms with van der Waals surface area (Å²) in [4.78, 5) is 17.2. The van der Waals surface area contributed by atoms with Crippen molar-refractivity contribution in [2.24, 2.45) is 0 Å². The maximum absolute atomic E-state index is 11.3. The smallest absolute Gasteiger partial charge is 0.409 e. The van der Waals surface area contributed by atoms with Gasteiger partial charge < -0.3 is 15.0 Å². The summed E-state index contributed by atoms with van der Waals surface area (Å²) >= 11 is 3.34. The van der Waals surface area contributed by atoms with Gasteiger partial charge in [-0.3, -0.25) is 0 Å². The standard InChI is InChI=1S/C11H14BrN3O2/c1-17-11(16)15-5-4-9(7-15)14-10-3-2-8(12)6-13-10/h2-3,6,9H,4-5,7H2,1H3,(H,13,14)/t9-/m1/s1. The van der Waals surface area contributed by atoms with Crippen LogP contribution >= 0.6 is 15.9 Å². The van der Waals surface area contributed by atoms with Crippen LogP contribution in [0.4, 0.5) is 10.6 Å². The molecule has 1 N–H and O–H groups in total. The van der Waals surface area contributed by atoms with Crippen LogP contribution in [-0.4, -0.2) is 42.2 Å². The van der Waals surface area contributed by atoms with E-state index >= 15 is 0 Å². The van der Waals surface area contributed by atoms with Crippen molar-refractivity contribution in [3.8, 4) is 0 Å². The Morgan fingerprint density at radius 1 is 1.65 bits per heavy atom.